The van der Waals surface area contributed by atoms with Crippen LogP contribution in [0, 0.1) is 0 Å². The first-order chi connectivity index (χ1) is 7.69. The molecule has 1 aromatic heterocycles. The topological polar surface area (TPSA) is 64.7 Å². The molecule has 0 aliphatic carbocycles. The zero-order valence-electron chi connectivity index (χ0n) is 8.51. The number of halogens is 1. The fourth-order valence-corrected chi connectivity index (χ4v) is 1.81. The molecule has 2 rings (SSSR count). The number of rotatable bonds is 2. The van der Waals surface area contributed by atoms with Crippen molar-refractivity contribution in [2.75, 3.05) is 12.0 Å². The lowest BCUT2D eigenvalue weighted by Gasteiger charge is -2.02. The number of benzene rings is 1. The smallest absolute Gasteiger partial charge is 0.227 e. The summed E-state index contributed by atoms with van der Waals surface area (Å²) in [6, 6.07) is 7.84. The lowest BCUT2D eigenvalue weighted by atomic mass is 10.2. The van der Waals surface area contributed by atoms with Gasteiger partial charge < -0.3 is 5.73 Å². The second-order valence-corrected chi connectivity index (χ2v) is 4.23. The molecule has 0 saturated carbocycles. The van der Waals surface area contributed by atoms with Crippen molar-refractivity contribution in [1.82, 2.24) is 15.0 Å². The van der Waals surface area contributed by atoms with Gasteiger partial charge in [0.25, 0.3) is 0 Å². The molecular formula is C10H9ClN4S. The minimum Gasteiger partial charge on any atom is -0.368 e. The lowest BCUT2D eigenvalue weighted by Crippen LogP contribution is -1.99. The third kappa shape index (κ3) is 2.43. The molecule has 2 aromatic rings. The van der Waals surface area contributed by atoms with Crippen molar-refractivity contribution in [3.05, 3.63) is 29.5 Å². The molecule has 4 nitrogen and oxygen atoms in total. The van der Waals surface area contributed by atoms with Gasteiger partial charge in [-0.25, -0.2) is 0 Å². The van der Waals surface area contributed by atoms with E-state index >= 15 is 0 Å². The van der Waals surface area contributed by atoms with Crippen LogP contribution in [-0.4, -0.2) is 21.2 Å². The van der Waals surface area contributed by atoms with Gasteiger partial charge >= 0.3 is 0 Å². The first-order valence-electron chi connectivity index (χ1n) is 4.50. The highest BCUT2D eigenvalue weighted by Crippen LogP contribution is 2.21. The van der Waals surface area contributed by atoms with Crippen LogP contribution in [0.25, 0.3) is 11.4 Å². The SMILES string of the molecule is CSc1ccc(-c2nc(N)nc(Cl)n2)cc1. The second-order valence-electron chi connectivity index (χ2n) is 3.01. The summed E-state index contributed by atoms with van der Waals surface area (Å²) in [5, 5.41) is 0.108. The van der Waals surface area contributed by atoms with Gasteiger partial charge in [0, 0.05) is 10.5 Å². The molecule has 16 heavy (non-hydrogen) atoms. The molecule has 6 heteroatoms. The first kappa shape index (κ1) is 11.2. The number of nitrogens with zero attached hydrogens (tertiary/aromatic N) is 3. The predicted molar refractivity (Wildman–Crippen MR) is 66.5 cm³/mol. The Morgan fingerprint density at radius 1 is 1.12 bits per heavy atom. The van der Waals surface area contributed by atoms with E-state index in [0.717, 1.165) is 5.56 Å². The Morgan fingerprint density at radius 2 is 1.81 bits per heavy atom. The summed E-state index contributed by atoms with van der Waals surface area (Å²) in [5.74, 6) is 0.620. The molecule has 0 radical (unpaired) electrons. The van der Waals surface area contributed by atoms with Crippen LogP contribution in [0.5, 0.6) is 0 Å². The average Bonchev–Trinajstić information content (AvgIpc) is 2.28. The normalized spacial score (nSPS) is 10.4. The van der Waals surface area contributed by atoms with Crippen molar-refractivity contribution in [3.63, 3.8) is 0 Å². The maximum Gasteiger partial charge on any atom is 0.227 e. The van der Waals surface area contributed by atoms with Gasteiger partial charge in [0.1, 0.15) is 0 Å². The van der Waals surface area contributed by atoms with E-state index in [1.165, 1.54) is 4.90 Å². The van der Waals surface area contributed by atoms with Gasteiger partial charge in [-0.1, -0.05) is 12.1 Å². The predicted octanol–water partition coefficient (Wildman–Crippen LogP) is 2.50. The molecule has 82 valence electrons. The summed E-state index contributed by atoms with van der Waals surface area (Å²) in [4.78, 5) is 12.9. The Balaban J connectivity index is 2.42. The van der Waals surface area contributed by atoms with E-state index in [9.17, 15) is 0 Å². The second kappa shape index (κ2) is 4.67. The standard InChI is InChI=1S/C10H9ClN4S/c1-16-7-4-2-6(3-5-7)8-13-9(11)15-10(12)14-8/h2-5H,1H3,(H2,12,13,14,15). The number of hydrogen-bond donors (Lipinski definition) is 1. The van der Waals surface area contributed by atoms with Gasteiger partial charge in [-0.15, -0.1) is 11.8 Å². The molecule has 0 fully saturated rings. The van der Waals surface area contributed by atoms with Crippen LogP contribution in [0.2, 0.25) is 5.28 Å². The molecule has 1 aromatic carbocycles. The van der Waals surface area contributed by atoms with Gasteiger partial charge in [0.2, 0.25) is 11.2 Å². The van der Waals surface area contributed by atoms with Crippen molar-refractivity contribution < 1.29 is 0 Å². The maximum absolute atomic E-state index is 5.71. The Kier molecular flexibility index (Phi) is 3.26. The summed E-state index contributed by atoms with van der Waals surface area (Å²) in [6.07, 6.45) is 2.02. The highest BCUT2D eigenvalue weighted by atomic mass is 35.5. The van der Waals surface area contributed by atoms with Gasteiger partial charge in [-0.2, -0.15) is 15.0 Å². The minimum atomic E-state index is 0.108. The summed E-state index contributed by atoms with van der Waals surface area (Å²) < 4.78 is 0. The summed E-state index contributed by atoms with van der Waals surface area (Å²) >= 11 is 7.39. The van der Waals surface area contributed by atoms with Crippen LogP contribution in [-0.2, 0) is 0 Å². The van der Waals surface area contributed by atoms with Gasteiger partial charge in [-0.05, 0) is 30.0 Å². The number of hydrogen-bond acceptors (Lipinski definition) is 5. The average molecular weight is 253 g/mol. The molecule has 1 heterocycles. The van der Waals surface area contributed by atoms with Crippen LogP contribution >= 0.6 is 23.4 Å². The number of aromatic nitrogens is 3. The number of nitrogen functional groups attached to an aromatic ring is 1. The van der Waals surface area contributed by atoms with E-state index in [0.29, 0.717) is 5.82 Å². The summed E-state index contributed by atoms with van der Waals surface area (Å²) in [7, 11) is 0. The third-order valence-electron chi connectivity index (χ3n) is 1.97. The molecule has 0 amide bonds. The minimum absolute atomic E-state index is 0.108. The molecule has 0 spiro atoms. The van der Waals surface area contributed by atoms with E-state index in [4.69, 9.17) is 17.3 Å². The van der Waals surface area contributed by atoms with E-state index in [2.05, 4.69) is 15.0 Å². The molecule has 2 N–H and O–H groups in total. The van der Waals surface area contributed by atoms with E-state index in [1.807, 2.05) is 30.5 Å². The van der Waals surface area contributed by atoms with Crippen LogP contribution in [0.4, 0.5) is 5.95 Å². The van der Waals surface area contributed by atoms with Crippen molar-refractivity contribution in [1.29, 1.82) is 0 Å². The molecule has 0 atom stereocenters. The quantitative estimate of drug-likeness (QED) is 0.832. The molecule has 0 bridgehead atoms. The lowest BCUT2D eigenvalue weighted by molar-refractivity contribution is 1.07. The van der Waals surface area contributed by atoms with Crippen LogP contribution in [0.1, 0.15) is 0 Å². The molecule has 0 aliphatic heterocycles. The zero-order valence-corrected chi connectivity index (χ0v) is 10.1. The fourth-order valence-electron chi connectivity index (χ4n) is 1.23. The fraction of sp³-hybridized carbons (Fsp3) is 0.100. The highest BCUT2D eigenvalue weighted by Gasteiger charge is 2.05. The Labute approximate surface area is 102 Å². The molecule has 0 aliphatic rings. The van der Waals surface area contributed by atoms with Crippen molar-refractivity contribution in [3.8, 4) is 11.4 Å². The number of anilines is 1. The van der Waals surface area contributed by atoms with Crippen molar-refractivity contribution >= 4 is 29.3 Å². The molecule has 0 saturated heterocycles. The Morgan fingerprint density at radius 3 is 2.38 bits per heavy atom. The molecule has 0 unspecified atom stereocenters. The maximum atomic E-state index is 5.71. The monoisotopic (exact) mass is 252 g/mol. The van der Waals surface area contributed by atoms with Gasteiger partial charge in [-0.3, -0.25) is 0 Å². The van der Waals surface area contributed by atoms with Gasteiger partial charge in [0.05, 0.1) is 0 Å². The van der Waals surface area contributed by atoms with Gasteiger partial charge in [0.15, 0.2) is 5.82 Å². The number of nitrogens with two attached hydrogens (primary N) is 1. The van der Waals surface area contributed by atoms with E-state index in [1.54, 1.807) is 11.8 Å². The largest absolute Gasteiger partial charge is 0.368 e. The van der Waals surface area contributed by atoms with Crippen LogP contribution in [0.15, 0.2) is 29.2 Å². The van der Waals surface area contributed by atoms with Crippen molar-refractivity contribution in [2.24, 2.45) is 0 Å². The Bertz CT molecular complexity index is 480. The van der Waals surface area contributed by atoms with E-state index < -0.39 is 0 Å². The van der Waals surface area contributed by atoms with Crippen molar-refractivity contribution in [2.45, 2.75) is 4.90 Å². The number of thioether (sulfide) groups is 1. The zero-order chi connectivity index (χ0) is 11.5. The third-order valence-corrected chi connectivity index (χ3v) is 2.89. The Hall–Kier alpha value is -1.33. The van der Waals surface area contributed by atoms with Crippen LogP contribution < -0.4 is 5.73 Å². The highest BCUT2D eigenvalue weighted by molar-refractivity contribution is 7.98. The summed E-state index contributed by atoms with van der Waals surface area (Å²) in [5.41, 5.74) is 6.37. The van der Waals surface area contributed by atoms with Crippen LogP contribution in [0.3, 0.4) is 0 Å². The summed E-state index contributed by atoms with van der Waals surface area (Å²) in [6.45, 7) is 0. The molecular weight excluding hydrogens is 244 g/mol. The van der Waals surface area contributed by atoms with E-state index in [-0.39, 0.29) is 11.2 Å². The first-order valence-corrected chi connectivity index (χ1v) is 6.11.